The van der Waals surface area contributed by atoms with Crippen LogP contribution in [0.3, 0.4) is 0 Å². The normalized spacial score (nSPS) is 21.8. The third-order valence-corrected chi connectivity index (χ3v) is 8.98. The molecule has 7 nitrogen and oxygen atoms in total. The molecule has 1 saturated carbocycles. The number of piperidine rings is 1. The fourth-order valence-electron chi connectivity index (χ4n) is 6.70. The molecule has 2 aromatic carbocycles. The topological polar surface area (TPSA) is 66.1 Å². The molecule has 1 atom stereocenters. The van der Waals surface area contributed by atoms with Gasteiger partial charge in [0.05, 0.1) is 0 Å². The van der Waals surface area contributed by atoms with E-state index in [4.69, 9.17) is 9.47 Å². The Morgan fingerprint density at radius 1 is 0.786 bits per heavy atom. The summed E-state index contributed by atoms with van der Waals surface area (Å²) in [6.45, 7) is 6.66. The SMILES string of the molecule is Cl.Cl.O=C(c1ccc(O[C@H]2CCNC2)c(C2CCCCC2)c1)N1CCC(Oc2cc(F)cc(N3CCNCC3)c2)CC1. The van der Waals surface area contributed by atoms with Crippen molar-refractivity contribution in [3.63, 3.8) is 0 Å². The Labute approximate surface area is 261 Å². The van der Waals surface area contributed by atoms with Crippen LogP contribution in [0, 0.1) is 5.82 Å². The summed E-state index contributed by atoms with van der Waals surface area (Å²) in [5.41, 5.74) is 2.83. The second-order valence-corrected chi connectivity index (χ2v) is 11.8. The van der Waals surface area contributed by atoms with E-state index in [1.54, 1.807) is 6.07 Å². The first kappa shape index (κ1) is 32.6. The summed E-state index contributed by atoms with van der Waals surface area (Å²) in [6, 6.07) is 11.1. The van der Waals surface area contributed by atoms with Crippen LogP contribution < -0.4 is 25.0 Å². The Morgan fingerprint density at radius 2 is 1.55 bits per heavy atom. The largest absolute Gasteiger partial charge is 0.490 e. The van der Waals surface area contributed by atoms with Gasteiger partial charge >= 0.3 is 0 Å². The summed E-state index contributed by atoms with van der Waals surface area (Å²) < 4.78 is 27.1. The molecule has 0 spiro atoms. The number of carbonyl (C=O) groups is 1. The number of piperazine rings is 1. The Bertz CT molecular complexity index is 1160. The molecule has 3 heterocycles. The maximum atomic E-state index is 14.4. The van der Waals surface area contributed by atoms with Gasteiger partial charge in [-0.3, -0.25) is 4.79 Å². The molecule has 0 unspecified atom stereocenters. The monoisotopic (exact) mass is 622 g/mol. The second-order valence-electron chi connectivity index (χ2n) is 11.8. The lowest BCUT2D eigenvalue weighted by atomic mass is 9.83. The van der Waals surface area contributed by atoms with Crippen LogP contribution in [0.1, 0.15) is 73.2 Å². The van der Waals surface area contributed by atoms with Crippen LogP contribution in [0.25, 0.3) is 0 Å². The van der Waals surface area contributed by atoms with Crippen LogP contribution in [0.15, 0.2) is 36.4 Å². The molecule has 2 N–H and O–H groups in total. The van der Waals surface area contributed by atoms with E-state index < -0.39 is 0 Å². The standard InChI is InChI=1S/C32H43FN4O3.2ClH/c33-25-19-26(36-16-12-34-13-17-36)21-29(20-25)39-27-9-14-37(15-10-27)32(38)24-6-7-31(40-28-8-11-35-22-28)30(18-24)23-4-2-1-3-5-23;;/h6-7,18-21,23,27-28,34-35H,1-5,8-17,22H2;2*1H/t28-;;/m0../s1. The molecule has 6 rings (SSSR count). The van der Waals surface area contributed by atoms with Gasteiger partial charge in [0.2, 0.25) is 0 Å². The minimum Gasteiger partial charge on any atom is -0.490 e. The average Bonchev–Trinajstić information content (AvgIpc) is 3.51. The molecule has 1 amide bonds. The fraction of sp³-hybridized carbons (Fsp3) is 0.594. The number of amides is 1. The van der Waals surface area contributed by atoms with Crippen molar-refractivity contribution in [2.45, 2.75) is 69.5 Å². The van der Waals surface area contributed by atoms with E-state index in [2.05, 4.69) is 21.6 Å². The number of hydrogen-bond donors (Lipinski definition) is 2. The summed E-state index contributed by atoms with van der Waals surface area (Å²) in [6.07, 6.45) is 8.75. The van der Waals surface area contributed by atoms with Crippen LogP contribution in [0.5, 0.6) is 11.5 Å². The highest BCUT2D eigenvalue weighted by Crippen LogP contribution is 2.39. The quantitative estimate of drug-likeness (QED) is 0.422. The number of ether oxygens (including phenoxy) is 2. The van der Waals surface area contributed by atoms with Gasteiger partial charge < -0.3 is 29.9 Å². The van der Waals surface area contributed by atoms with Crippen molar-refractivity contribution in [2.24, 2.45) is 0 Å². The predicted octanol–water partition coefficient (Wildman–Crippen LogP) is 5.55. The van der Waals surface area contributed by atoms with Crippen LogP contribution in [0.2, 0.25) is 0 Å². The lowest BCUT2D eigenvalue weighted by molar-refractivity contribution is 0.0595. The third kappa shape index (κ3) is 8.01. The highest BCUT2D eigenvalue weighted by atomic mass is 35.5. The minimum atomic E-state index is -0.274. The maximum absolute atomic E-state index is 14.4. The number of nitrogens with zero attached hydrogens (tertiary/aromatic N) is 2. The lowest BCUT2D eigenvalue weighted by Gasteiger charge is -2.33. The smallest absolute Gasteiger partial charge is 0.253 e. The second kappa shape index (κ2) is 15.5. The first-order chi connectivity index (χ1) is 19.6. The van der Waals surface area contributed by atoms with E-state index in [1.807, 2.05) is 23.1 Å². The van der Waals surface area contributed by atoms with E-state index in [-0.39, 0.29) is 48.7 Å². The number of rotatable bonds is 7. The molecule has 42 heavy (non-hydrogen) atoms. The Hall–Kier alpha value is -2.26. The van der Waals surface area contributed by atoms with Crippen LogP contribution >= 0.6 is 24.8 Å². The van der Waals surface area contributed by atoms with Crippen LogP contribution in [0.4, 0.5) is 10.1 Å². The number of carbonyl (C=O) groups excluding carboxylic acids is 1. The number of halogens is 3. The highest BCUT2D eigenvalue weighted by molar-refractivity contribution is 5.94. The first-order valence-corrected chi connectivity index (χ1v) is 15.4. The van der Waals surface area contributed by atoms with Crippen molar-refractivity contribution in [3.8, 4) is 11.5 Å². The lowest BCUT2D eigenvalue weighted by Crippen LogP contribution is -2.43. The molecule has 232 valence electrons. The van der Waals surface area contributed by atoms with Crippen molar-refractivity contribution in [1.82, 2.24) is 15.5 Å². The summed E-state index contributed by atoms with van der Waals surface area (Å²) in [7, 11) is 0. The maximum Gasteiger partial charge on any atom is 0.253 e. The number of hydrogen-bond acceptors (Lipinski definition) is 6. The zero-order chi connectivity index (χ0) is 27.3. The van der Waals surface area contributed by atoms with Gasteiger partial charge in [0.15, 0.2) is 0 Å². The van der Waals surface area contributed by atoms with E-state index in [9.17, 15) is 9.18 Å². The summed E-state index contributed by atoms with van der Waals surface area (Å²) >= 11 is 0. The van der Waals surface area contributed by atoms with Crippen molar-refractivity contribution < 1.29 is 18.7 Å². The molecule has 0 aromatic heterocycles. The van der Waals surface area contributed by atoms with Gasteiger partial charge in [0.1, 0.15) is 29.5 Å². The van der Waals surface area contributed by atoms with Gasteiger partial charge in [-0.2, -0.15) is 0 Å². The molecule has 4 fully saturated rings. The van der Waals surface area contributed by atoms with Gasteiger partial charge in [-0.25, -0.2) is 4.39 Å². The average molecular weight is 624 g/mol. The molecule has 3 saturated heterocycles. The van der Waals surface area contributed by atoms with Crippen molar-refractivity contribution in [1.29, 1.82) is 0 Å². The molecular formula is C32H45Cl2FN4O3. The number of nitrogens with one attached hydrogen (secondary N) is 2. The van der Waals surface area contributed by atoms with E-state index in [1.165, 1.54) is 30.9 Å². The first-order valence-electron chi connectivity index (χ1n) is 15.4. The van der Waals surface area contributed by atoms with Gasteiger partial charge in [-0.05, 0) is 61.6 Å². The molecule has 3 aliphatic heterocycles. The van der Waals surface area contributed by atoms with E-state index in [0.29, 0.717) is 24.8 Å². The Balaban J connectivity index is 0.00000202. The number of anilines is 1. The zero-order valence-electron chi connectivity index (χ0n) is 24.3. The Kier molecular flexibility index (Phi) is 12.0. The molecule has 10 heteroatoms. The van der Waals surface area contributed by atoms with Gasteiger partial charge in [0.25, 0.3) is 5.91 Å². The summed E-state index contributed by atoms with van der Waals surface area (Å²) in [5.74, 6) is 1.80. The molecular weight excluding hydrogens is 578 g/mol. The fourth-order valence-corrected chi connectivity index (χ4v) is 6.70. The van der Waals surface area contributed by atoms with Crippen molar-refractivity contribution in [3.05, 3.63) is 53.3 Å². The highest BCUT2D eigenvalue weighted by Gasteiger charge is 2.28. The van der Waals surface area contributed by atoms with Crippen LogP contribution in [-0.4, -0.2) is 75.4 Å². The van der Waals surface area contributed by atoms with Gasteiger partial charge in [-0.1, -0.05) is 19.3 Å². The summed E-state index contributed by atoms with van der Waals surface area (Å²) in [4.78, 5) is 17.7. The van der Waals surface area contributed by atoms with Crippen molar-refractivity contribution >= 4 is 36.4 Å². The third-order valence-electron chi connectivity index (χ3n) is 8.98. The molecule has 0 bridgehead atoms. The molecule has 4 aliphatic rings. The zero-order valence-corrected chi connectivity index (χ0v) is 26.0. The number of likely N-dealkylation sites (tertiary alicyclic amines) is 1. The van der Waals surface area contributed by atoms with Crippen molar-refractivity contribution in [2.75, 3.05) is 57.3 Å². The van der Waals surface area contributed by atoms with E-state index >= 15 is 0 Å². The molecule has 0 radical (unpaired) electrons. The molecule has 2 aromatic rings. The number of benzene rings is 2. The van der Waals surface area contributed by atoms with Gasteiger partial charge in [0, 0.05) is 82.0 Å². The van der Waals surface area contributed by atoms with Gasteiger partial charge in [-0.15, -0.1) is 24.8 Å². The van der Waals surface area contributed by atoms with Crippen LogP contribution in [-0.2, 0) is 0 Å². The summed E-state index contributed by atoms with van der Waals surface area (Å²) in [5, 5.41) is 6.72. The molecule has 1 aliphatic carbocycles. The minimum absolute atomic E-state index is 0. The Morgan fingerprint density at radius 3 is 2.26 bits per heavy atom. The van der Waals surface area contributed by atoms with E-state index in [0.717, 1.165) is 88.4 Å². The predicted molar refractivity (Wildman–Crippen MR) is 170 cm³/mol.